The zero-order valence-corrected chi connectivity index (χ0v) is 31.9. The topological polar surface area (TPSA) is 102 Å². The van der Waals surface area contributed by atoms with Gasteiger partial charge in [0.1, 0.15) is 12.6 Å². The lowest BCUT2D eigenvalue weighted by molar-refractivity contribution is -0.889. The summed E-state index contributed by atoms with van der Waals surface area (Å²) >= 11 is 0. The van der Waals surface area contributed by atoms with Crippen molar-refractivity contribution in [1.29, 1.82) is 0 Å². The Hall–Kier alpha value is -1.93. The van der Waals surface area contributed by atoms with Gasteiger partial charge in [0.2, 0.25) is 0 Å². The summed E-state index contributed by atoms with van der Waals surface area (Å²) in [7, 11) is 5.40. The number of carbonyl (C=O) groups excluding carboxylic acids is 3. The molecular weight excluding hydrogens is 606 g/mol. The van der Waals surface area contributed by atoms with E-state index in [9.17, 15) is 19.5 Å². The lowest BCUT2D eigenvalue weighted by Crippen LogP contribution is -2.55. The average molecular weight is 682 g/mol. The summed E-state index contributed by atoms with van der Waals surface area (Å²) in [5.74, 6) is -1.74. The van der Waals surface area contributed by atoms with Gasteiger partial charge >= 0.3 is 11.9 Å². The summed E-state index contributed by atoms with van der Waals surface area (Å²) in [4.78, 5) is 36.6. The van der Waals surface area contributed by atoms with Gasteiger partial charge in [-0.25, -0.2) is 0 Å². The van der Waals surface area contributed by atoms with Crippen LogP contribution >= 0.6 is 0 Å². The van der Waals surface area contributed by atoms with Crippen molar-refractivity contribution in [2.45, 2.75) is 187 Å². The van der Waals surface area contributed by atoms with Gasteiger partial charge in [0, 0.05) is 19.3 Å². The minimum absolute atomic E-state index is 0.0421. The maximum atomic E-state index is 12.6. The molecule has 8 nitrogen and oxygen atoms in total. The molecule has 0 bridgehead atoms. The Morgan fingerprint density at radius 2 is 1.06 bits per heavy atom. The number of likely N-dealkylation sites (N-methyl/N-ethyl adjacent to an activating group) is 1. The van der Waals surface area contributed by atoms with Crippen molar-refractivity contribution in [3.63, 3.8) is 0 Å². The van der Waals surface area contributed by atoms with E-state index in [0.29, 0.717) is 12.8 Å². The molecule has 0 aliphatic carbocycles. The van der Waals surface area contributed by atoms with Crippen LogP contribution in [-0.4, -0.2) is 75.5 Å². The number of aliphatic carboxylic acids is 1. The molecule has 0 fully saturated rings. The number of ether oxygens (including phenoxy) is 3. The molecule has 48 heavy (non-hydrogen) atoms. The Balaban J connectivity index is 4.39. The zero-order chi connectivity index (χ0) is 35.7. The lowest BCUT2D eigenvalue weighted by Gasteiger charge is -2.34. The minimum Gasteiger partial charge on any atom is -0.544 e. The summed E-state index contributed by atoms with van der Waals surface area (Å²) in [6.07, 6.45) is 30.9. The van der Waals surface area contributed by atoms with Crippen molar-refractivity contribution in [1.82, 2.24) is 0 Å². The first-order valence-corrected chi connectivity index (χ1v) is 19.7. The largest absolute Gasteiger partial charge is 0.544 e. The number of carboxylic acids is 1. The van der Waals surface area contributed by atoms with E-state index in [1.807, 2.05) is 0 Å². The van der Waals surface area contributed by atoms with E-state index >= 15 is 0 Å². The van der Waals surface area contributed by atoms with Gasteiger partial charge in [0.05, 0.1) is 40.3 Å². The van der Waals surface area contributed by atoms with Crippen LogP contribution in [0.3, 0.4) is 0 Å². The van der Waals surface area contributed by atoms with Crippen molar-refractivity contribution >= 4 is 17.9 Å². The standard InChI is InChI=1S/C40H75NO7/c1-6-8-10-12-14-16-18-19-20-21-23-25-27-29-31-39(43)48-36(34-46-33-32-37(40(44)45)41(3,4)5)35-47-38(42)30-28-26-24-22-17-15-13-11-9-7-2/h13,15,36-37H,6-12,14,16-35H2,1-5H3/b15-13+. The van der Waals surface area contributed by atoms with Gasteiger partial charge in [-0.15, -0.1) is 0 Å². The molecule has 0 heterocycles. The van der Waals surface area contributed by atoms with Gasteiger partial charge in [0.15, 0.2) is 6.10 Å². The Labute approximate surface area is 295 Å². The van der Waals surface area contributed by atoms with Crippen LogP contribution in [0.25, 0.3) is 0 Å². The van der Waals surface area contributed by atoms with E-state index in [-0.39, 0.29) is 42.7 Å². The molecule has 0 aromatic heterocycles. The summed E-state index contributed by atoms with van der Waals surface area (Å²) in [6.45, 7) is 4.61. The number of hydrogen-bond donors (Lipinski definition) is 0. The van der Waals surface area contributed by atoms with Gasteiger partial charge in [0.25, 0.3) is 0 Å². The fourth-order valence-corrected chi connectivity index (χ4v) is 5.76. The molecule has 0 aliphatic heterocycles. The van der Waals surface area contributed by atoms with Crippen molar-refractivity contribution in [3.05, 3.63) is 12.2 Å². The van der Waals surface area contributed by atoms with Crippen molar-refractivity contribution in [2.75, 3.05) is 41.0 Å². The highest BCUT2D eigenvalue weighted by molar-refractivity contribution is 5.70. The maximum Gasteiger partial charge on any atom is 0.306 e. The third-order valence-electron chi connectivity index (χ3n) is 8.90. The lowest BCUT2D eigenvalue weighted by atomic mass is 10.0. The van der Waals surface area contributed by atoms with Crippen LogP contribution < -0.4 is 5.11 Å². The number of allylic oxidation sites excluding steroid dienone is 2. The first-order valence-electron chi connectivity index (χ1n) is 19.7. The monoisotopic (exact) mass is 682 g/mol. The smallest absolute Gasteiger partial charge is 0.306 e. The Morgan fingerprint density at radius 3 is 1.56 bits per heavy atom. The molecule has 282 valence electrons. The van der Waals surface area contributed by atoms with Crippen molar-refractivity contribution in [2.24, 2.45) is 0 Å². The average Bonchev–Trinajstić information content (AvgIpc) is 3.03. The third-order valence-corrected chi connectivity index (χ3v) is 8.90. The Morgan fingerprint density at radius 1 is 0.604 bits per heavy atom. The van der Waals surface area contributed by atoms with Crippen LogP contribution in [0.2, 0.25) is 0 Å². The Kier molecular flexibility index (Phi) is 31.0. The summed E-state index contributed by atoms with van der Waals surface area (Å²) in [5.41, 5.74) is 0. The predicted octanol–water partition coefficient (Wildman–Crippen LogP) is 8.63. The second kappa shape index (κ2) is 32.3. The normalized spacial score (nSPS) is 13.1. The van der Waals surface area contributed by atoms with Crippen LogP contribution in [0.15, 0.2) is 12.2 Å². The first-order chi connectivity index (χ1) is 23.1. The number of carbonyl (C=O) groups is 3. The molecule has 8 heteroatoms. The molecule has 0 aromatic carbocycles. The van der Waals surface area contributed by atoms with Crippen molar-refractivity contribution < 1.29 is 38.2 Å². The molecule has 0 spiro atoms. The van der Waals surface area contributed by atoms with Gasteiger partial charge in [-0.05, 0) is 32.1 Å². The fraction of sp³-hybridized carbons (Fsp3) is 0.875. The predicted molar refractivity (Wildman–Crippen MR) is 194 cm³/mol. The van der Waals surface area contributed by atoms with E-state index in [0.717, 1.165) is 57.8 Å². The van der Waals surface area contributed by atoms with Crippen LogP contribution in [0.1, 0.15) is 174 Å². The summed E-state index contributed by atoms with van der Waals surface area (Å²) in [5, 5.41) is 11.6. The van der Waals surface area contributed by atoms with Gasteiger partial charge in [-0.2, -0.15) is 0 Å². The zero-order valence-electron chi connectivity index (χ0n) is 31.9. The SMILES string of the molecule is CCCC/C=C/CCCCCCC(=O)OCC(COCCC(C(=O)[O-])[N+](C)(C)C)OC(=O)CCCCCCCCCCCCCCCC. The first kappa shape index (κ1) is 46.1. The van der Waals surface area contributed by atoms with Crippen LogP contribution in [0.4, 0.5) is 0 Å². The fourth-order valence-electron chi connectivity index (χ4n) is 5.76. The second-order valence-corrected chi connectivity index (χ2v) is 14.5. The summed E-state index contributed by atoms with van der Waals surface area (Å²) in [6, 6.07) is -0.721. The molecule has 0 saturated carbocycles. The highest BCUT2D eigenvalue weighted by Crippen LogP contribution is 2.14. The van der Waals surface area contributed by atoms with Gasteiger partial charge in [-0.1, -0.05) is 135 Å². The molecular formula is C40H75NO7. The van der Waals surface area contributed by atoms with Crippen LogP contribution in [0, 0.1) is 0 Å². The van der Waals surface area contributed by atoms with E-state index in [2.05, 4.69) is 26.0 Å². The quantitative estimate of drug-likeness (QED) is 0.0286. The highest BCUT2D eigenvalue weighted by Gasteiger charge is 2.25. The molecule has 2 unspecified atom stereocenters. The van der Waals surface area contributed by atoms with Gasteiger partial charge in [-0.3, -0.25) is 9.59 Å². The molecule has 0 aromatic rings. The third kappa shape index (κ3) is 30.2. The molecule has 2 atom stereocenters. The maximum absolute atomic E-state index is 12.6. The molecule has 0 radical (unpaired) electrons. The number of nitrogens with zero attached hydrogens (tertiary/aromatic N) is 1. The van der Waals surface area contributed by atoms with E-state index < -0.39 is 18.1 Å². The number of esters is 2. The number of hydrogen-bond acceptors (Lipinski definition) is 7. The second-order valence-electron chi connectivity index (χ2n) is 14.5. The summed E-state index contributed by atoms with van der Waals surface area (Å²) < 4.78 is 17.1. The number of quaternary nitrogens is 1. The number of carboxylic acid groups (broad SMARTS) is 1. The van der Waals surface area contributed by atoms with Crippen molar-refractivity contribution in [3.8, 4) is 0 Å². The van der Waals surface area contributed by atoms with E-state index in [4.69, 9.17) is 14.2 Å². The number of unbranched alkanes of at least 4 members (excludes halogenated alkanes) is 19. The number of rotatable bonds is 35. The molecule has 0 amide bonds. The van der Waals surface area contributed by atoms with Crippen LogP contribution in [0.5, 0.6) is 0 Å². The molecule has 0 N–H and O–H groups in total. The van der Waals surface area contributed by atoms with Gasteiger partial charge < -0.3 is 28.6 Å². The molecule has 0 aliphatic rings. The molecule has 0 saturated heterocycles. The highest BCUT2D eigenvalue weighted by atomic mass is 16.6. The Bertz CT molecular complexity index is 808. The van der Waals surface area contributed by atoms with E-state index in [1.165, 1.54) is 83.5 Å². The minimum atomic E-state index is -1.13. The molecule has 0 rings (SSSR count). The van der Waals surface area contributed by atoms with Crippen LogP contribution in [-0.2, 0) is 28.6 Å². The van der Waals surface area contributed by atoms with E-state index in [1.54, 1.807) is 21.1 Å².